The van der Waals surface area contributed by atoms with Gasteiger partial charge in [0.2, 0.25) is 5.91 Å². The van der Waals surface area contributed by atoms with Crippen LogP contribution in [0.2, 0.25) is 0 Å². The van der Waals surface area contributed by atoms with Crippen molar-refractivity contribution in [3.05, 3.63) is 70.5 Å². The van der Waals surface area contributed by atoms with Crippen LogP contribution in [0.5, 0.6) is 0 Å². The number of carbonyl (C=O) groups is 1. The van der Waals surface area contributed by atoms with Gasteiger partial charge in [-0.2, -0.15) is 5.21 Å². The van der Waals surface area contributed by atoms with Crippen molar-refractivity contribution < 1.29 is 4.79 Å². The molecular weight excluding hydrogens is 314 g/mol. The summed E-state index contributed by atoms with van der Waals surface area (Å²) in [7, 11) is 0. The Morgan fingerprint density at radius 2 is 1.96 bits per heavy atom. The van der Waals surface area contributed by atoms with Crippen LogP contribution in [0.15, 0.2) is 42.5 Å². The normalized spacial score (nSPS) is 12.0. The van der Waals surface area contributed by atoms with E-state index in [1.54, 1.807) is 0 Å². The molecule has 0 saturated heterocycles. The van der Waals surface area contributed by atoms with Crippen LogP contribution in [-0.2, 0) is 11.2 Å². The summed E-state index contributed by atoms with van der Waals surface area (Å²) < 4.78 is 0. The zero-order valence-corrected chi connectivity index (χ0v) is 14.6. The molecule has 0 bridgehead atoms. The van der Waals surface area contributed by atoms with E-state index in [-0.39, 0.29) is 5.91 Å². The molecule has 1 aromatic heterocycles. The molecule has 1 atom stereocenters. The molecule has 0 aliphatic heterocycles. The number of benzene rings is 2. The van der Waals surface area contributed by atoms with Crippen molar-refractivity contribution in [3.8, 4) is 0 Å². The first kappa shape index (κ1) is 16.8. The van der Waals surface area contributed by atoms with Crippen molar-refractivity contribution in [2.24, 2.45) is 0 Å². The number of aromatic nitrogens is 4. The lowest BCUT2D eigenvalue weighted by Gasteiger charge is -2.15. The fourth-order valence-electron chi connectivity index (χ4n) is 2.74. The smallest absolute Gasteiger partial charge is 0.235 e. The number of hydrogen-bond acceptors (Lipinski definition) is 4. The topological polar surface area (TPSA) is 83.6 Å². The number of aromatic amines is 1. The van der Waals surface area contributed by atoms with E-state index in [9.17, 15) is 4.79 Å². The summed E-state index contributed by atoms with van der Waals surface area (Å²) in [4.78, 5) is 12.9. The lowest BCUT2D eigenvalue weighted by atomic mass is 9.96. The summed E-state index contributed by atoms with van der Waals surface area (Å²) in [6.07, 6.45) is 0.512. The van der Waals surface area contributed by atoms with Gasteiger partial charge in [-0.05, 0) is 56.0 Å². The van der Waals surface area contributed by atoms with E-state index < -0.39 is 5.92 Å². The zero-order valence-electron chi connectivity index (χ0n) is 14.6. The van der Waals surface area contributed by atoms with Crippen LogP contribution in [0.4, 0.5) is 5.69 Å². The number of nitrogens with one attached hydrogen (secondary N) is 2. The van der Waals surface area contributed by atoms with Gasteiger partial charge in [0.15, 0.2) is 5.82 Å². The first-order chi connectivity index (χ1) is 12.0. The molecule has 1 amide bonds. The summed E-state index contributed by atoms with van der Waals surface area (Å²) >= 11 is 0. The van der Waals surface area contributed by atoms with Gasteiger partial charge in [0.25, 0.3) is 0 Å². The Balaban J connectivity index is 1.83. The second-order valence-electron chi connectivity index (χ2n) is 6.30. The number of hydrogen-bond donors (Lipinski definition) is 2. The predicted octanol–water partition coefficient (Wildman–Crippen LogP) is 3.09. The van der Waals surface area contributed by atoms with Gasteiger partial charge in [-0.3, -0.25) is 4.79 Å². The monoisotopic (exact) mass is 335 g/mol. The molecule has 0 saturated carbocycles. The number of aryl methyl sites for hydroxylation is 3. The number of rotatable bonds is 5. The van der Waals surface area contributed by atoms with Gasteiger partial charge in [-0.25, -0.2) is 0 Å². The molecule has 0 aliphatic carbocycles. The van der Waals surface area contributed by atoms with Crippen LogP contribution in [0.3, 0.4) is 0 Å². The Morgan fingerprint density at radius 1 is 1.12 bits per heavy atom. The highest BCUT2D eigenvalue weighted by atomic mass is 16.1. The number of amides is 1. The molecule has 2 aromatic carbocycles. The zero-order chi connectivity index (χ0) is 17.8. The van der Waals surface area contributed by atoms with E-state index in [0.29, 0.717) is 12.2 Å². The fraction of sp³-hybridized carbons (Fsp3) is 0.263. The van der Waals surface area contributed by atoms with Crippen molar-refractivity contribution >= 4 is 11.6 Å². The van der Waals surface area contributed by atoms with Gasteiger partial charge in [-0.1, -0.05) is 41.1 Å². The molecule has 0 radical (unpaired) electrons. The summed E-state index contributed by atoms with van der Waals surface area (Å²) in [5.74, 6) is -0.267. The molecular formula is C19H21N5O. The molecule has 6 nitrogen and oxygen atoms in total. The SMILES string of the molecule is Cc1cccc(C[C@H](C(=O)Nc2ccc(C)c(C)c2)c2nn[nH]n2)c1. The average molecular weight is 335 g/mol. The van der Waals surface area contributed by atoms with Crippen LogP contribution in [0, 0.1) is 20.8 Å². The Morgan fingerprint density at radius 3 is 2.64 bits per heavy atom. The van der Waals surface area contributed by atoms with Crippen LogP contribution in [0.1, 0.15) is 34.0 Å². The summed E-state index contributed by atoms with van der Waals surface area (Å²) in [6, 6.07) is 13.9. The van der Waals surface area contributed by atoms with E-state index in [0.717, 1.165) is 22.4 Å². The van der Waals surface area contributed by atoms with Crippen LogP contribution in [-0.4, -0.2) is 26.5 Å². The Bertz CT molecular complexity index is 873. The summed E-state index contributed by atoms with van der Waals surface area (Å²) in [6.45, 7) is 6.09. The van der Waals surface area contributed by atoms with Gasteiger partial charge in [0.1, 0.15) is 5.92 Å². The van der Waals surface area contributed by atoms with Gasteiger partial charge in [0, 0.05) is 5.69 Å². The highest BCUT2D eigenvalue weighted by Crippen LogP contribution is 2.21. The lowest BCUT2D eigenvalue weighted by Crippen LogP contribution is -2.24. The molecule has 0 aliphatic rings. The predicted molar refractivity (Wildman–Crippen MR) is 96.3 cm³/mol. The van der Waals surface area contributed by atoms with Gasteiger partial charge < -0.3 is 5.32 Å². The van der Waals surface area contributed by atoms with E-state index in [4.69, 9.17) is 0 Å². The second kappa shape index (κ2) is 7.25. The largest absolute Gasteiger partial charge is 0.325 e. The van der Waals surface area contributed by atoms with Gasteiger partial charge in [0.05, 0.1) is 0 Å². The summed E-state index contributed by atoms with van der Waals surface area (Å²) in [5, 5.41) is 17.0. The Labute approximate surface area is 146 Å². The van der Waals surface area contributed by atoms with Crippen molar-refractivity contribution in [2.45, 2.75) is 33.1 Å². The number of H-pyrrole nitrogens is 1. The van der Waals surface area contributed by atoms with E-state index >= 15 is 0 Å². The molecule has 6 heteroatoms. The van der Waals surface area contributed by atoms with Crippen LogP contribution < -0.4 is 5.32 Å². The minimum Gasteiger partial charge on any atom is -0.325 e. The quantitative estimate of drug-likeness (QED) is 0.750. The van der Waals surface area contributed by atoms with Gasteiger partial charge >= 0.3 is 0 Å². The standard InChI is InChI=1S/C19H21N5O/c1-12-5-4-6-15(9-12)11-17(18-21-23-24-22-18)19(25)20-16-8-7-13(2)14(3)10-16/h4-10,17H,11H2,1-3H3,(H,20,25)(H,21,22,23,24)/t17-/m0/s1. The van der Waals surface area contributed by atoms with E-state index in [1.165, 1.54) is 5.56 Å². The molecule has 25 heavy (non-hydrogen) atoms. The third kappa shape index (κ3) is 4.09. The molecule has 3 aromatic rings. The lowest BCUT2D eigenvalue weighted by molar-refractivity contribution is -0.117. The number of nitrogens with zero attached hydrogens (tertiary/aromatic N) is 3. The first-order valence-electron chi connectivity index (χ1n) is 8.20. The molecule has 0 spiro atoms. The Kier molecular flexibility index (Phi) is 4.88. The highest BCUT2D eigenvalue weighted by Gasteiger charge is 2.25. The minimum atomic E-state index is -0.512. The first-order valence-corrected chi connectivity index (χ1v) is 8.20. The van der Waals surface area contributed by atoms with E-state index in [1.807, 2.05) is 57.2 Å². The molecule has 2 N–H and O–H groups in total. The van der Waals surface area contributed by atoms with Gasteiger partial charge in [-0.15, -0.1) is 10.2 Å². The molecule has 0 unspecified atom stereocenters. The maximum Gasteiger partial charge on any atom is 0.235 e. The highest BCUT2D eigenvalue weighted by molar-refractivity contribution is 5.95. The third-order valence-corrected chi connectivity index (χ3v) is 4.29. The van der Waals surface area contributed by atoms with Crippen LogP contribution in [0.25, 0.3) is 0 Å². The minimum absolute atomic E-state index is 0.147. The Hall–Kier alpha value is -3.02. The molecule has 0 fully saturated rings. The number of tetrazole rings is 1. The fourth-order valence-corrected chi connectivity index (χ4v) is 2.74. The average Bonchev–Trinajstić information content (AvgIpc) is 3.10. The maximum atomic E-state index is 12.9. The van der Waals surface area contributed by atoms with Crippen molar-refractivity contribution in [1.29, 1.82) is 0 Å². The number of anilines is 1. The second-order valence-corrected chi connectivity index (χ2v) is 6.30. The summed E-state index contributed by atoms with van der Waals surface area (Å²) in [5.41, 5.74) is 5.30. The molecule has 128 valence electrons. The van der Waals surface area contributed by atoms with Crippen molar-refractivity contribution in [2.75, 3.05) is 5.32 Å². The van der Waals surface area contributed by atoms with E-state index in [2.05, 4.69) is 32.0 Å². The van der Waals surface area contributed by atoms with Crippen molar-refractivity contribution in [3.63, 3.8) is 0 Å². The maximum absolute atomic E-state index is 12.9. The van der Waals surface area contributed by atoms with Crippen LogP contribution >= 0.6 is 0 Å². The molecule has 1 heterocycles. The third-order valence-electron chi connectivity index (χ3n) is 4.29. The number of carbonyl (C=O) groups excluding carboxylic acids is 1. The molecule has 3 rings (SSSR count). The van der Waals surface area contributed by atoms with Crippen molar-refractivity contribution in [1.82, 2.24) is 20.6 Å².